The van der Waals surface area contributed by atoms with Gasteiger partial charge in [-0.15, -0.1) is 0 Å². The average Bonchev–Trinajstić information content (AvgIpc) is 2.42. The molecule has 0 aliphatic rings. The SMILES string of the molecule is NC(=O)OCCNC(=O)c1ccc2cc(Br)ccc2c1. The molecule has 0 saturated heterocycles. The van der Waals surface area contributed by atoms with E-state index in [-0.39, 0.29) is 19.1 Å². The minimum Gasteiger partial charge on any atom is -0.448 e. The minimum atomic E-state index is -0.851. The molecule has 2 aromatic rings. The van der Waals surface area contributed by atoms with Crippen molar-refractivity contribution in [3.63, 3.8) is 0 Å². The summed E-state index contributed by atoms with van der Waals surface area (Å²) in [6, 6.07) is 11.3. The van der Waals surface area contributed by atoms with Gasteiger partial charge in [-0.25, -0.2) is 4.79 Å². The highest BCUT2D eigenvalue weighted by atomic mass is 79.9. The Balaban J connectivity index is 2.03. The van der Waals surface area contributed by atoms with Crippen molar-refractivity contribution in [2.75, 3.05) is 13.2 Å². The molecule has 0 fully saturated rings. The van der Waals surface area contributed by atoms with Crippen molar-refractivity contribution >= 4 is 38.7 Å². The highest BCUT2D eigenvalue weighted by Crippen LogP contribution is 2.20. The van der Waals surface area contributed by atoms with Crippen molar-refractivity contribution in [3.05, 3.63) is 46.4 Å². The van der Waals surface area contributed by atoms with Crippen LogP contribution in [0.3, 0.4) is 0 Å². The molecule has 0 aliphatic carbocycles. The Bertz CT molecular complexity index is 658. The summed E-state index contributed by atoms with van der Waals surface area (Å²) in [5.74, 6) is -0.220. The van der Waals surface area contributed by atoms with Crippen molar-refractivity contribution in [3.8, 4) is 0 Å². The molecule has 0 aliphatic heterocycles. The first kappa shape index (κ1) is 14.3. The van der Waals surface area contributed by atoms with Crippen LogP contribution < -0.4 is 11.1 Å². The summed E-state index contributed by atoms with van der Waals surface area (Å²) in [6.45, 7) is 0.280. The number of ether oxygens (including phenoxy) is 1. The third-order valence-electron chi connectivity index (χ3n) is 2.70. The number of hydrogen-bond donors (Lipinski definition) is 2. The summed E-state index contributed by atoms with van der Waals surface area (Å²) in [7, 11) is 0. The fourth-order valence-corrected chi connectivity index (χ4v) is 2.15. The van der Waals surface area contributed by atoms with Gasteiger partial charge in [0.05, 0.1) is 6.54 Å². The first-order valence-corrected chi connectivity index (χ1v) is 6.75. The molecule has 5 nitrogen and oxygen atoms in total. The number of amides is 2. The number of hydrogen-bond acceptors (Lipinski definition) is 3. The van der Waals surface area contributed by atoms with Crippen LogP contribution in [-0.4, -0.2) is 25.2 Å². The quantitative estimate of drug-likeness (QED) is 0.841. The van der Waals surface area contributed by atoms with E-state index in [0.29, 0.717) is 5.56 Å². The highest BCUT2D eigenvalue weighted by Gasteiger charge is 2.06. The summed E-state index contributed by atoms with van der Waals surface area (Å²) in [5.41, 5.74) is 5.37. The van der Waals surface area contributed by atoms with E-state index >= 15 is 0 Å². The molecule has 2 amide bonds. The van der Waals surface area contributed by atoms with Crippen molar-refractivity contribution < 1.29 is 14.3 Å². The molecule has 2 aromatic carbocycles. The first-order valence-electron chi connectivity index (χ1n) is 5.96. The van der Waals surface area contributed by atoms with Crippen LogP contribution in [-0.2, 0) is 4.74 Å². The highest BCUT2D eigenvalue weighted by molar-refractivity contribution is 9.10. The lowest BCUT2D eigenvalue weighted by atomic mass is 10.1. The van der Waals surface area contributed by atoms with Gasteiger partial charge < -0.3 is 15.8 Å². The number of primary amides is 1. The maximum absolute atomic E-state index is 11.9. The van der Waals surface area contributed by atoms with Crippen LogP contribution in [0.15, 0.2) is 40.9 Å². The van der Waals surface area contributed by atoms with Gasteiger partial charge in [0.25, 0.3) is 5.91 Å². The second-order valence-corrected chi connectivity index (χ2v) is 5.05. The predicted molar refractivity (Wildman–Crippen MR) is 79.5 cm³/mol. The first-order chi connectivity index (χ1) is 9.56. The minimum absolute atomic E-state index is 0.0571. The summed E-state index contributed by atoms with van der Waals surface area (Å²) < 4.78 is 5.52. The molecule has 0 unspecified atom stereocenters. The molecule has 104 valence electrons. The number of benzene rings is 2. The van der Waals surface area contributed by atoms with E-state index in [0.717, 1.165) is 15.2 Å². The molecular formula is C14H13BrN2O3. The topological polar surface area (TPSA) is 81.4 Å². The molecule has 6 heteroatoms. The van der Waals surface area contributed by atoms with Crippen molar-refractivity contribution in [2.45, 2.75) is 0 Å². The maximum atomic E-state index is 11.9. The van der Waals surface area contributed by atoms with Gasteiger partial charge in [-0.2, -0.15) is 0 Å². The van der Waals surface area contributed by atoms with Gasteiger partial charge in [-0.1, -0.05) is 28.1 Å². The zero-order chi connectivity index (χ0) is 14.5. The molecule has 0 saturated carbocycles. The molecule has 0 spiro atoms. The second-order valence-electron chi connectivity index (χ2n) is 4.13. The molecule has 0 atom stereocenters. The van der Waals surface area contributed by atoms with Crippen LogP contribution in [0.1, 0.15) is 10.4 Å². The van der Waals surface area contributed by atoms with Crippen molar-refractivity contribution in [1.29, 1.82) is 0 Å². The van der Waals surface area contributed by atoms with Gasteiger partial charge in [-0.05, 0) is 35.0 Å². The van der Waals surface area contributed by atoms with Crippen LogP contribution in [0.4, 0.5) is 4.79 Å². The predicted octanol–water partition coefficient (Wildman–Crippen LogP) is 2.43. The Kier molecular flexibility index (Phi) is 4.57. The molecule has 0 radical (unpaired) electrons. The zero-order valence-corrected chi connectivity index (χ0v) is 12.1. The molecule has 0 bridgehead atoms. The summed E-state index contributed by atoms with van der Waals surface area (Å²) in [5, 5.41) is 4.68. The van der Waals surface area contributed by atoms with Crippen LogP contribution in [0.25, 0.3) is 10.8 Å². The fraction of sp³-hybridized carbons (Fsp3) is 0.143. The van der Waals surface area contributed by atoms with Crippen molar-refractivity contribution in [1.82, 2.24) is 5.32 Å². The van der Waals surface area contributed by atoms with Gasteiger partial charge in [0, 0.05) is 10.0 Å². The monoisotopic (exact) mass is 336 g/mol. The number of rotatable bonds is 4. The summed E-state index contributed by atoms with van der Waals surface area (Å²) >= 11 is 3.40. The number of carbonyl (C=O) groups excluding carboxylic acids is 2. The van der Waals surface area contributed by atoms with Crippen LogP contribution in [0, 0.1) is 0 Å². The van der Waals surface area contributed by atoms with E-state index < -0.39 is 6.09 Å². The Hall–Kier alpha value is -2.08. The summed E-state index contributed by atoms with van der Waals surface area (Å²) in [6.07, 6.45) is -0.851. The van der Waals surface area contributed by atoms with E-state index in [2.05, 4.69) is 26.0 Å². The maximum Gasteiger partial charge on any atom is 0.404 e. The fourth-order valence-electron chi connectivity index (χ4n) is 1.78. The molecule has 3 N–H and O–H groups in total. The smallest absolute Gasteiger partial charge is 0.404 e. The zero-order valence-electron chi connectivity index (χ0n) is 10.6. The Morgan fingerprint density at radius 2 is 1.85 bits per heavy atom. The van der Waals surface area contributed by atoms with E-state index in [1.807, 2.05) is 30.3 Å². The Labute approximate surface area is 124 Å². The van der Waals surface area contributed by atoms with Crippen LogP contribution in [0.5, 0.6) is 0 Å². The third-order valence-corrected chi connectivity index (χ3v) is 3.19. The van der Waals surface area contributed by atoms with Gasteiger partial charge in [-0.3, -0.25) is 4.79 Å². The largest absolute Gasteiger partial charge is 0.448 e. The second kappa shape index (κ2) is 6.38. The molecule has 2 rings (SSSR count). The number of halogens is 1. The van der Waals surface area contributed by atoms with Crippen LogP contribution >= 0.6 is 15.9 Å². The van der Waals surface area contributed by atoms with E-state index in [4.69, 9.17) is 5.73 Å². The van der Waals surface area contributed by atoms with Gasteiger partial charge in [0.1, 0.15) is 6.61 Å². The lowest BCUT2D eigenvalue weighted by Gasteiger charge is -2.06. The average molecular weight is 337 g/mol. The van der Waals surface area contributed by atoms with E-state index in [1.165, 1.54) is 0 Å². The number of fused-ring (bicyclic) bond motifs is 1. The van der Waals surface area contributed by atoms with Gasteiger partial charge >= 0.3 is 6.09 Å². The molecular weight excluding hydrogens is 324 g/mol. The van der Waals surface area contributed by atoms with E-state index in [1.54, 1.807) is 6.07 Å². The third kappa shape index (κ3) is 3.71. The van der Waals surface area contributed by atoms with Gasteiger partial charge in [0.15, 0.2) is 0 Å². The van der Waals surface area contributed by atoms with Crippen LogP contribution in [0.2, 0.25) is 0 Å². The number of carbonyl (C=O) groups is 2. The lowest BCUT2D eigenvalue weighted by molar-refractivity contribution is 0.0937. The normalized spacial score (nSPS) is 10.2. The molecule has 0 aromatic heterocycles. The molecule has 0 heterocycles. The molecule has 20 heavy (non-hydrogen) atoms. The number of nitrogens with two attached hydrogens (primary N) is 1. The van der Waals surface area contributed by atoms with E-state index in [9.17, 15) is 9.59 Å². The standard InChI is InChI=1S/C14H13BrN2O3/c15-12-4-3-9-7-11(2-1-10(9)8-12)13(18)17-5-6-20-14(16)19/h1-4,7-8H,5-6H2,(H2,16,19)(H,17,18). The Morgan fingerprint density at radius 3 is 2.60 bits per heavy atom. The van der Waals surface area contributed by atoms with Crippen molar-refractivity contribution in [2.24, 2.45) is 5.73 Å². The Morgan fingerprint density at radius 1 is 1.15 bits per heavy atom. The summed E-state index contributed by atoms with van der Waals surface area (Å²) in [4.78, 5) is 22.3. The van der Waals surface area contributed by atoms with Gasteiger partial charge in [0.2, 0.25) is 0 Å². The lowest BCUT2D eigenvalue weighted by Crippen LogP contribution is -2.28. The number of nitrogens with one attached hydrogen (secondary N) is 1.